The number of likely N-dealkylation sites (tertiary alicyclic amines) is 1. The summed E-state index contributed by atoms with van der Waals surface area (Å²) >= 11 is 0. The number of piperidine rings is 1. The van der Waals surface area contributed by atoms with Crippen molar-refractivity contribution in [2.24, 2.45) is 0 Å². The molecule has 0 bridgehead atoms. The molecule has 2 fully saturated rings. The van der Waals surface area contributed by atoms with Crippen molar-refractivity contribution in [1.29, 1.82) is 0 Å². The summed E-state index contributed by atoms with van der Waals surface area (Å²) in [7, 11) is 1.72. The molecule has 8 nitrogen and oxygen atoms in total. The van der Waals surface area contributed by atoms with Gasteiger partial charge in [-0.3, -0.25) is 4.79 Å². The van der Waals surface area contributed by atoms with Gasteiger partial charge in [-0.1, -0.05) is 0 Å². The Morgan fingerprint density at radius 1 is 1.17 bits per heavy atom. The van der Waals surface area contributed by atoms with E-state index in [9.17, 15) is 18.0 Å². The van der Waals surface area contributed by atoms with Crippen molar-refractivity contribution in [3.8, 4) is 5.75 Å². The van der Waals surface area contributed by atoms with Crippen LogP contribution in [0.25, 0.3) is 11.2 Å². The number of alkyl halides is 3. The molecule has 1 aliphatic heterocycles. The van der Waals surface area contributed by atoms with E-state index in [-0.39, 0.29) is 29.2 Å². The maximum absolute atomic E-state index is 13.0. The lowest BCUT2D eigenvalue weighted by Crippen LogP contribution is -2.38. The monoisotopic (exact) mass is 489 g/mol. The Balaban J connectivity index is 1.26. The van der Waals surface area contributed by atoms with Crippen molar-refractivity contribution in [3.63, 3.8) is 0 Å². The molecule has 35 heavy (non-hydrogen) atoms. The van der Waals surface area contributed by atoms with Crippen LogP contribution in [0.3, 0.4) is 0 Å². The summed E-state index contributed by atoms with van der Waals surface area (Å²) in [5.41, 5.74) is 8.76. The molecule has 0 unspecified atom stereocenters. The number of nitrogens with two attached hydrogens (primary N) is 1. The molecule has 0 radical (unpaired) electrons. The van der Waals surface area contributed by atoms with Gasteiger partial charge in [0.1, 0.15) is 11.6 Å². The number of aromatic amines is 1. The predicted molar refractivity (Wildman–Crippen MR) is 122 cm³/mol. The summed E-state index contributed by atoms with van der Waals surface area (Å²) in [6.07, 6.45) is 0.594. The van der Waals surface area contributed by atoms with Crippen molar-refractivity contribution in [2.75, 3.05) is 25.9 Å². The number of imidazole rings is 1. The maximum Gasteiger partial charge on any atom is 0.573 e. The number of ether oxygens (including phenoxy) is 2. The highest BCUT2D eigenvalue weighted by Gasteiger charge is 2.34. The van der Waals surface area contributed by atoms with E-state index in [0.29, 0.717) is 24.7 Å². The fourth-order valence-corrected chi connectivity index (χ4v) is 4.96. The first-order valence-corrected chi connectivity index (χ1v) is 11.5. The molecule has 0 atom stereocenters. The molecule has 1 amide bonds. The summed E-state index contributed by atoms with van der Waals surface area (Å²) in [5, 5.41) is 0. The number of methoxy groups -OCH3 is 1. The van der Waals surface area contributed by atoms with Crippen LogP contribution in [-0.2, 0) is 4.74 Å². The number of halogens is 3. The minimum absolute atomic E-state index is 0.0496. The van der Waals surface area contributed by atoms with E-state index in [1.54, 1.807) is 18.2 Å². The van der Waals surface area contributed by atoms with Crippen LogP contribution in [0.4, 0.5) is 18.9 Å². The van der Waals surface area contributed by atoms with E-state index in [2.05, 4.69) is 14.7 Å². The maximum atomic E-state index is 13.0. The minimum Gasteiger partial charge on any atom is -0.406 e. The first-order valence-electron chi connectivity index (χ1n) is 11.5. The smallest absolute Gasteiger partial charge is 0.406 e. The molecule has 11 heteroatoms. The highest BCUT2D eigenvalue weighted by atomic mass is 19.4. The van der Waals surface area contributed by atoms with Gasteiger partial charge in [-0.2, -0.15) is 0 Å². The van der Waals surface area contributed by atoms with Crippen molar-refractivity contribution in [3.05, 3.63) is 47.4 Å². The fraction of sp³-hybridized carbons (Fsp3) is 0.458. The SMILES string of the molecule is COC1CC(c2nc3nccc(C4CCN(C(=O)c5ccc(OC(F)(F)F)cc5N)CC4)c3[nH]2)C1. The Morgan fingerprint density at radius 3 is 2.57 bits per heavy atom. The molecule has 2 aromatic heterocycles. The number of benzene rings is 1. The number of rotatable bonds is 5. The Bertz CT molecular complexity index is 1230. The normalized spacial score (nSPS) is 21.2. The van der Waals surface area contributed by atoms with Crippen LogP contribution in [0.15, 0.2) is 30.5 Å². The van der Waals surface area contributed by atoms with Gasteiger partial charge in [-0.25, -0.2) is 9.97 Å². The zero-order chi connectivity index (χ0) is 24.7. The van der Waals surface area contributed by atoms with Crippen LogP contribution in [0.2, 0.25) is 0 Å². The van der Waals surface area contributed by atoms with Gasteiger partial charge in [0.05, 0.1) is 17.2 Å². The second-order valence-corrected chi connectivity index (χ2v) is 9.11. The zero-order valence-corrected chi connectivity index (χ0v) is 19.1. The number of hydrogen-bond acceptors (Lipinski definition) is 6. The largest absolute Gasteiger partial charge is 0.573 e. The van der Waals surface area contributed by atoms with Crippen LogP contribution in [0, 0.1) is 0 Å². The molecular weight excluding hydrogens is 463 g/mol. The second kappa shape index (κ2) is 9.03. The average molecular weight is 489 g/mol. The number of aromatic nitrogens is 3. The summed E-state index contributed by atoms with van der Waals surface area (Å²) in [4.78, 5) is 27.3. The zero-order valence-electron chi connectivity index (χ0n) is 19.1. The first kappa shape index (κ1) is 23.4. The standard InChI is InChI=1S/C24H26F3N5O3/c1-34-16-10-14(11-16)21-30-20-17(4-7-29-22(20)31-21)13-5-8-32(9-6-13)23(33)18-3-2-15(12-19(18)28)35-24(25,26)27/h2-4,7,12-14,16H,5-6,8-11,28H2,1H3,(H,29,30,31). The average Bonchev–Trinajstić information content (AvgIpc) is 3.21. The van der Waals surface area contributed by atoms with E-state index in [1.807, 2.05) is 6.07 Å². The molecule has 1 aliphatic carbocycles. The molecule has 5 rings (SSSR count). The molecule has 1 saturated carbocycles. The number of anilines is 1. The number of fused-ring (bicyclic) bond motifs is 1. The second-order valence-electron chi connectivity index (χ2n) is 9.11. The Kier molecular flexibility index (Phi) is 6.04. The van der Waals surface area contributed by atoms with Gasteiger partial charge in [0, 0.05) is 44.1 Å². The van der Waals surface area contributed by atoms with E-state index in [4.69, 9.17) is 15.5 Å². The third-order valence-electron chi connectivity index (χ3n) is 6.97. The number of carbonyl (C=O) groups is 1. The van der Waals surface area contributed by atoms with Crippen LogP contribution < -0.4 is 10.5 Å². The van der Waals surface area contributed by atoms with Gasteiger partial charge in [0.25, 0.3) is 5.91 Å². The number of nitrogens with one attached hydrogen (secondary N) is 1. The third-order valence-corrected chi connectivity index (χ3v) is 6.97. The number of pyridine rings is 1. The van der Waals surface area contributed by atoms with E-state index >= 15 is 0 Å². The Morgan fingerprint density at radius 2 is 1.91 bits per heavy atom. The molecule has 0 spiro atoms. The fourth-order valence-electron chi connectivity index (χ4n) is 4.96. The molecule has 1 saturated heterocycles. The van der Waals surface area contributed by atoms with E-state index in [1.165, 1.54) is 6.07 Å². The molecule has 3 N–H and O–H groups in total. The van der Waals surface area contributed by atoms with Gasteiger partial charge in [-0.15, -0.1) is 13.2 Å². The highest BCUT2D eigenvalue weighted by Crippen LogP contribution is 2.39. The number of nitrogen functional groups attached to an aromatic ring is 1. The lowest BCUT2D eigenvalue weighted by Gasteiger charge is -2.33. The van der Waals surface area contributed by atoms with Gasteiger partial charge in [0.15, 0.2) is 5.65 Å². The first-order chi connectivity index (χ1) is 16.7. The Labute approximate surface area is 199 Å². The van der Waals surface area contributed by atoms with Gasteiger partial charge in [0.2, 0.25) is 0 Å². The topological polar surface area (TPSA) is 106 Å². The van der Waals surface area contributed by atoms with E-state index in [0.717, 1.165) is 54.7 Å². The lowest BCUT2D eigenvalue weighted by molar-refractivity contribution is -0.274. The van der Waals surface area contributed by atoms with Crippen LogP contribution >= 0.6 is 0 Å². The Hall–Kier alpha value is -3.34. The molecular formula is C24H26F3N5O3. The highest BCUT2D eigenvalue weighted by molar-refractivity contribution is 5.99. The van der Waals surface area contributed by atoms with Crippen molar-refractivity contribution >= 4 is 22.8 Å². The number of hydrogen-bond donors (Lipinski definition) is 2. The molecule has 3 aromatic rings. The van der Waals surface area contributed by atoms with Crippen molar-refractivity contribution in [2.45, 2.75) is 50.0 Å². The quantitative estimate of drug-likeness (QED) is 0.516. The van der Waals surface area contributed by atoms with Crippen molar-refractivity contribution < 1.29 is 27.4 Å². The number of H-pyrrole nitrogens is 1. The van der Waals surface area contributed by atoms with Gasteiger partial charge < -0.3 is 25.1 Å². The number of carbonyl (C=O) groups excluding carboxylic acids is 1. The number of nitrogens with zero attached hydrogens (tertiary/aromatic N) is 3. The molecule has 1 aromatic carbocycles. The molecule has 3 heterocycles. The third kappa shape index (κ3) is 4.77. The van der Waals surface area contributed by atoms with Gasteiger partial charge in [-0.05, 0) is 55.4 Å². The minimum atomic E-state index is -4.82. The molecule has 186 valence electrons. The van der Waals surface area contributed by atoms with Gasteiger partial charge >= 0.3 is 6.36 Å². The summed E-state index contributed by atoms with van der Waals surface area (Å²) < 4.78 is 46.6. The summed E-state index contributed by atoms with van der Waals surface area (Å²) in [6.45, 7) is 1.01. The van der Waals surface area contributed by atoms with E-state index < -0.39 is 12.1 Å². The molecule has 2 aliphatic rings. The lowest BCUT2D eigenvalue weighted by atomic mass is 9.82. The summed E-state index contributed by atoms with van der Waals surface area (Å²) in [6, 6.07) is 5.40. The summed E-state index contributed by atoms with van der Waals surface area (Å²) in [5.74, 6) is 0.756. The number of amides is 1. The van der Waals surface area contributed by atoms with Crippen LogP contribution in [-0.4, -0.2) is 58.4 Å². The van der Waals surface area contributed by atoms with Crippen LogP contribution in [0.1, 0.15) is 59.3 Å². The van der Waals surface area contributed by atoms with Crippen molar-refractivity contribution in [1.82, 2.24) is 19.9 Å². The van der Waals surface area contributed by atoms with Crippen LogP contribution in [0.5, 0.6) is 5.75 Å². The predicted octanol–water partition coefficient (Wildman–Crippen LogP) is 4.35.